The summed E-state index contributed by atoms with van der Waals surface area (Å²) in [7, 11) is 4.93. The van der Waals surface area contributed by atoms with Crippen LogP contribution in [0.5, 0.6) is 17.2 Å². The van der Waals surface area contributed by atoms with Gasteiger partial charge in [-0.2, -0.15) is 9.97 Å². The number of nitrogens with zero attached hydrogens (tertiary/aromatic N) is 3. The predicted octanol–water partition coefficient (Wildman–Crippen LogP) is 3.88. The second-order valence-corrected chi connectivity index (χ2v) is 7.52. The first kappa shape index (κ1) is 22.1. The van der Waals surface area contributed by atoms with E-state index in [0.717, 1.165) is 40.2 Å². The predicted molar refractivity (Wildman–Crippen MR) is 129 cm³/mol. The van der Waals surface area contributed by atoms with Crippen molar-refractivity contribution in [3.05, 3.63) is 71.4 Å². The quantitative estimate of drug-likeness (QED) is 0.400. The van der Waals surface area contributed by atoms with Gasteiger partial charge in [0.2, 0.25) is 5.95 Å². The van der Waals surface area contributed by atoms with Crippen LogP contribution in [0.4, 0.5) is 11.8 Å². The third-order valence-electron chi connectivity index (χ3n) is 5.37. The van der Waals surface area contributed by atoms with E-state index in [1.54, 1.807) is 27.5 Å². The van der Waals surface area contributed by atoms with Gasteiger partial charge in [-0.25, -0.2) is 4.98 Å². The van der Waals surface area contributed by atoms with E-state index in [0.29, 0.717) is 30.4 Å². The van der Waals surface area contributed by atoms with Crippen LogP contribution in [0, 0.1) is 0 Å². The van der Waals surface area contributed by atoms with E-state index in [1.165, 1.54) is 5.56 Å². The van der Waals surface area contributed by atoms with Crippen LogP contribution in [0.2, 0.25) is 0 Å². The molecule has 0 amide bonds. The van der Waals surface area contributed by atoms with Gasteiger partial charge in [-0.15, -0.1) is 0 Å². The maximum absolute atomic E-state index is 6.34. The first-order chi connectivity index (χ1) is 16.1. The number of hydrogen-bond donors (Lipinski definition) is 2. The molecule has 33 heavy (non-hydrogen) atoms. The van der Waals surface area contributed by atoms with Gasteiger partial charge in [0.05, 0.1) is 26.7 Å². The summed E-state index contributed by atoms with van der Waals surface area (Å²) >= 11 is 0. The van der Waals surface area contributed by atoms with Gasteiger partial charge in [0.15, 0.2) is 5.65 Å². The van der Waals surface area contributed by atoms with Crippen LogP contribution < -0.4 is 25.3 Å². The second kappa shape index (κ2) is 10.0. The third-order valence-corrected chi connectivity index (χ3v) is 5.37. The fourth-order valence-electron chi connectivity index (χ4n) is 3.67. The Bertz CT molecular complexity index is 1220. The van der Waals surface area contributed by atoms with E-state index in [1.807, 2.05) is 48.5 Å². The summed E-state index contributed by atoms with van der Waals surface area (Å²) in [5.74, 6) is 3.16. The first-order valence-corrected chi connectivity index (χ1v) is 10.6. The fourth-order valence-corrected chi connectivity index (χ4v) is 3.67. The van der Waals surface area contributed by atoms with Crippen LogP contribution in [0.3, 0.4) is 0 Å². The number of anilines is 2. The Balaban J connectivity index is 1.52. The second-order valence-electron chi connectivity index (χ2n) is 7.52. The minimum absolute atomic E-state index is 0.393. The summed E-state index contributed by atoms with van der Waals surface area (Å²) in [5.41, 5.74) is 10.1. The lowest BCUT2D eigenvalue weighted by atomic mass is 10.0. The average molecular weight is 446 g/mol. The Hall–Kier alpha value is -4.07. The Labute approximate surface area is 192 Å². The summed E-state index contributed by atoms with van der Waals surface area (Å²) in [4.78, 5) is 13.5. The van der Waals surface area contributed by atoms with E-state index >= 15 is 0 Å². The molecule has 2 aromatic heterocycles. The minimum atomic E-state index is 0.393. The summed E-state index contributed by atoms with van der Waals surface area (Å²) in [5, 5.41) is 4.00. The highest BCUT2D eigenvalue weighted by molar-refractivity contribution is 5.89. The molecular weight excluding hydrogens is 418 g/mol. The topological polar surface area (TPSA) is 104 Å². The van der Waals surface area contributed by atoms with E-state index in [4.69, 9.17) is 19.9 Å². The largest absolute Gasteiger partial charge is 0.497 e. The maximum atomic E-state index is 6.34. The molecule has 0 fully saturated rings. The molecule has 4 rings (SSSR count). The molecule has 0 saturated carbocycles. The molecule has 0 aliphatic carbocycles. The van der Waals surface area contributed by atoms with Gasteiger partial charge >= 0.3 is 0 Å². The standard InChI is InChI=1S/C25H27N5O3/c1-31-19-6-4-16(5-7-19)8-10-28-25-29-23(26)22-18(9-11-27-24(22)30-25)12-17-13-20(32-2)15-21(14-17)33-3/h4-7,9,11,13-15H,8,10,12H2,1-3H3,(H3,26,27,28,29,30). The molecule has 2 aromatic carbocycles. The van der Waals surface area contributed by atoms with E-state index in [9.17, 15) is 0 Å². The van der Waals surface area contributed by atoms with Crippen molar-refractivity contribution in [3.63, 3.8) is 0 Å². The molecule has 8 nitrogen and oxygen atoms in total. The molecule has 2 heterocycles. The number of nitrogens with one attached hydrogen (secondary N) is 1. The normalized spacial score (nSPS) is 10.8. The molecule has 0 radical (unpaired) electrons. The zero-order valence-electron chi connectivity index (χ0n) is 19.0. The number of pyridine rings is 1. The summed E-state index contributed by atoms with van der Waals surface area (Å²) in [6.45, 7) is 0.667. The Morgan fingerprint density at radius 3 is 2.18 bits per heavy atom. The third kappa shape index (κ3) is 5.23. The Morgan fingerprint density at radius 1 is 0.818 bits per heavy atom. The number of methoxy groups -OCH3 is 3. The van der Waals surface area contributed by atoms with Crippen LogP contribution in [0.1, 0.15) is 16.7 Å². The molecule has 8 heteroatoms. The van der Waals surface area contributed by atoms with E-state index in [-0.39, 0.29) is 0 Å². The minimum Gasteiger partial charge on any atom is -0.497 e. The van der Waals surface area contributed by atoms with Gasteiger partial charge < -0.3 is 25.3 Å². The summed E-state index contributed by atoms with van der Waals surface area (Å²) < 4.78 is 16.0. The SMILES string of the molecule is COc1ccc(CCNc2nc(N)c3c(Cc4cc(OC)cc(OC)c4)ccnc3n2)cc1. The molecule has 0 spiro atoms. The molecule has 0 unspecified atom stereocenters. The number of hydrogen-bond acceptors (Lipinski definition) is 8. The van der Waals surface area contributed by atoms with Crippen molar-refractivity contribution in [2.45, 2.75) is 12.8 Å². The highest BCUT2D eigenvalue weighted by atomic mass is 16.5. The molecule has 170 valence electrons. The number of fused-ring (bicyclic) bond motifs is 1. The van der Waals surface area contributed by atoms with Crippen LogP contribution in [0.15, 0.2) is 54.7 Å². The molecule has 0 atom stereocenters. The van der Waals surface area contributed by atoms with Gasteiger partial charge in [-0.3, -0.25) is 0 Å². The van der Waals surface area contributed by atoms with Crippen molar-refractivity contribution in [1.29, 1.82) is 0 Å². The van der Waals surface area contributed by atoms with Crippen molar-refractivity contribution in [1.82, 2.24) is 15.0 Å². The molecule has 0 aliphatic rings. The molecular formula is C25H27N5O3. The zero-order valence-corrected chi connectivity index (χ0v) is 19.0. The van der Waals surface area contributed by atoms with Crippen LogP contribution in [-0.4, -0.2) is 42.8 Å². The van der Waals surface area contributed by atoms with Gasteiger partial charge in [0.1, 0.15) is 23.1 Å². The molecule has 0 aliphatic heterocycles. The van der Waals surface area contributed by atoms with Gasteiger partial charge in [0.25, 0.3) is 0 Å². The van der Waals surface area contributed by atoms with Crippen LogP contribution in [0.25, 0.3) is 11.0 Å². The van der Waals surface area contributed by atoms with Crippen LogP contribution in [-0.2, 0) is 12.8 Å². The van der Waals surface area contributed by atoms with Crippen molar-refractivity contribution in [2.24, 2.45) is 0 Å². The highest BCUT2D eigenvalue weighted by Gasteiger charge is 2.12. The Morgan fingerprint density at radius 2 is 1.52 bits per heavy atom. The van der Waals surface area contributed by atoms with Crippen molar-refractivity contribution < 1.29 is 14.2 Å². The number of ether oxygens (including phenoxy) is 3. The number of nitrogens with two attached hydrogens (primary N) is 1. The number of benzene rings is 2. The average Bonchev–Trinajstić information content (AvgIpc) is 2.84. The van der Waals surface area contributed by atoms with Crippen LogP contribution >= 0.6 is 0 Å². The maximum Gasteiger partial charge on any atom is 0.226 e. The first-order valence-electron chi connectivity index (χ1n) is 10.6. The lowest BCUT2D eigenvalue weighted by molar-refractivity contribution is 0.393. The van der Waals surface area contributed by atoms with Crippen molar-refractivity contribution in [3.8, 4) is 17.2 Å². The molecule has 0 saturated heterocycles. The summed E-state index contributed by atoms with van der Waals surface area (Å²) in [6, 6.07) is 15.7. The lowest BCUT2D eigenvalue weighted by Gasteiger charge is -2.12. The van der Waals surface area contributed by atoms with Gasteiger partial charge in [-0.05, 0) is 59.9 Å². The molecule has 3 N–H and O–H groups in total. The molecule has 4 aromatic rings. The van der Waals surface area contributed by atoms with Crippen molar-refractivity contribution >= 4 is 22.8 Å². The number of nitrogen functional groups attached to an aromatic ring is 1. The van der Waals surface area contributed by atoms with E-state index < -0.39 is 0 Å². The Kier molecular flexibility index (Phi) is 6.73. The zero-order chi connectivity index (χ0) is 23.2. The highest BCUT2D eigenvalue weighted by Crippen LogP contribution is 2.28. The molecule has 0 bridgehead atoms. The monoisotopic (exact) mass is 445 g/mol. The lowest BCUT2D eigenvalue weighted by Crippen LogP contribution is -2.10. The number of rotatable bonds is 9. The smallest absolute Gasteiger partial charge is 0.226 e. The summed E-state index contributed by atoms with van der Waals surface area (Å²) in [6.07, 6.45) is 3.17. The van der Waals surface area contributed by atoms with Crippen molar-refractivity contribution in [2.75, 3.05) is 38.9 Å². The van der Waals surface area contributed by atoms with Gasteiger partial charge in [0, 0.05) is 18.8 Å². The van der Waals surface area contributed by atoms with E-state index in [2.05, 4.69) is 20.3 Å². The van der Waals surface area contributed by atoms with Gasteiger partial charge in [-0.1, -0.05) is 12.1 Å². The number of aromatic nitrogens is 3. The fraction of sp³-hybridized carbons (Fsp3) is 0.240.